The van der Waals surface area contributed by atoms with Gasteiger partial charge in [-0.15, -0.1) is 11.8 Å². The lowest BCUT2D eigenvalue weighted by Crippen LogP contribution is -2.62. The molecular formula is C92H131N25O19S. The van der Waals surface area contributed by atoms with E-state index in [1.54, 1.807) is 93.0 Å². The summed E-state index contributed by atoms with van der Waals surface area (Å²) in [7, 11) is 3.93. The Kier molecular flexibility index (Phi) is 42.2. The number of nitrogens with zero attached hydrogens (tertiary/aromatic N) is 5. The van der Waals surface area contributed by atoms with Gasteiger partial charge in [-0.1, -0.05) is 120 Å². The number of carbonyl (C=O) groups excluding carboxylic acids is 18. The van der Waals surface area contributed by atoms with Crippen molar-refractivity contribution in [1.29, 1.82) is 5.41 Å². The van der Waals surface area contributed by atoms with E-state index in [0.29, 0.717) is 59.0 Å². The highest BCUT2D eigenvalue weighted by Gasteiger charge is 2.44. The Labute approximate surface area is 797 Å². The molecule has 3 aromatic carbocycles. The first kappa shape index (κ1) is 108. The van der Waals surface area contributed by atoms with Gasteiger partial charge in [-0.25, -0.2) is 4.98 Å². The second kappa shape index (κ2) is 53.3. The van der Waals surface area contributed by atoms with E-state index in [1.807, 2.05) is 26.0 Å². The average Bonchev–Trinajstić information content (AvgIpc) is 1.76. The Morgan fingerprint density at radius 2 is 1.05 bits per heavy atom. The molecule has 25 N–H and O–H groups in total. The number of para-hydroxylation sites is 2. The number of fused-ring (bicyclic) bond motifs is 3. The van der Waals surface area contributed by atoms with Gasteiger partial charge in [0.2, 0.25) is 106 Å². The van der Waals surface area contributed by atoms with Crippen molar-refractivity contribution in [2.45, 2.75) is 241 Å². The third-order valence-corrected chi connectivity index (χ3v) is 25.0. The standard InChI is InChI=1S/C92H131N25O19S/c1-9-11-29-71-86(131)107-61(28-20-36-99-92(96)97)80(125)113-70(79(124)102-46-76(95)121)48-137-49-77(122)104-66(39-53-22-14-13-15-23-53)88(133)114(6)52(5)78(123)110-68(42-75(94)120)90(135)117-37-21-31-72(117)87(132)109-65(41-56-45-98-50-103-56)84(129)108-64(38-51(3)4)83(128)106-63(34-35-74(93)119)81(126)105-62(33-32-54-43-100-59-26-18-16-24-57(54)59)82(127)112-69(47-118)85(130)111-67(40-55-44-101-60-27-19-17-25-58(55)60)89(134)116(8)73(30-12-10-2)91(136)115(71)7/h13-19,22-27,43-45,50-52,61-73,100-101,118H,9-12,20-21,28-42,46-49H2,1-8H3,(H2,93,119)(H2,94,120)(H2,95,121)(H,98,103)(H,102,124)(H,104,122)(H,105,126)(H,106,128)(H,107,131)(H,108,129)(H,109,132)(H,110,123)(H,111,130)(H,112,127)(H,113,125)(H4,96,97,99)/t52-,61-,62-,63-,64-,65-,66-,67-,68-,69-,70-,71-,72-,73-/m0/s1. The lowest BCUT2D eigenvalue weighted by molar-refractivity contribution is -0.149. The van der Waals surface area contributed by atoms with E-state index in [4.69, 9.17) is 28.3 Å². The van der Waals surface area contributed by atoms with E-state index in [0.717, 1.165) is 42.3 Å². The zero-order valence-electron chi connectivity index (χ0n) is 78.4. The van der Waals surface area contributed by atoms with Gasteiger partial charge in [0.25, 0.3) is 0 Å². The van der Waals surface area contributed by atoms with Crippen molar-refractivity contribution < 1.29 is 91.4 Å². The first-order chi connectivity index (χ1) is 65.3. The van der Waals surface area contributed by atoms with Gasteiger partial charge >= 0.3 is 0 Å². The lowest BCUT2D eigenvalue weighted by Gasteiger charge is -2.36. The Hall–Kier alpha value is -14.0. The molecule has 2 aliphatic rings. The zero-order chi connectivity index (χ0) is 100. The summed E-state index contributed by atoms with van der Waals surface area (Å²) in [6.07, 6.45) is 4.62. The monoisotopic (exact) mass is 1920 g/mol. The van der Waals surface area contributed by atoms with Crippen molar-refractivity contribution in [2.24, 2.45) is 28.9 Å². The fourth-order valence-corrected chi connectivity index (χ4v) is 17.1. The minimum atomic E-state index is -1.91. The maximum absolute atomic E-state index is 15.8. The third kappa shape index (κ3) is 32.4. The number of nitrogens with two attached hydrogens (primary N) is 4. The number of aliphatic hydroxyl groups is 1. The van der Waals surface area contributed by atoms with Gasteiger partial charge in [-0.3, -0.25) is 91.7 Å². The predicted molar refractivity (Wildman–Crippen MR) is 507 cm³/mol. The summed E-state index contributed by atoms with van der Waals surface area (Å²) < 4.78 is 0. The highest BCUT2D eigenvalue weighted by Crippen LogP contribution is 2.26. The van der Waals surface area contributed by atoms with Gasteiger partial charge in [0.15, 0.2) is 5.96 Å². The minimum Gasteiger partial charge on any atom is -0.394 e. The Morgan fingerprint density at radius 3 is 1.66 bits per heavy atom. The topological polar surface area (TPSA) is 673 Å². The predicted octanol–water partition coefficient (Wildman–Crippen LogP) is -2.46. The number of rotatable bonds is 30. The van der Waals surface area contributed by atoms with Crippen LogP contribution in [0.15, 0.2) is 104 Å². The summed E-state index contributed by atoms with van der Waals surface area (Å²) >= 11 is 0.787. The molecule has 44 nitrogen and oxygen atoms in total. The number of guanidine groups is 1. The number of carbonyl (C=O) groups is 18. The van der Waals surface area contributed by atoms with Crippen LogP contribution in [0.4, 0.5) is 0 Å². The number of thioether (sulfide) groups is 1. The van der Waals surface area contributed by atoms with Crippen LogP contribution in [0.1, 0.15) is 153 Å². The molecule has 3 aromatic heterocycles. The molecule has 2 aliphatic heterocycles. The number of primary amides is 3. The highest BCUT2D eigenvalue weighted by molar-refractivity contribution is 8.00. The van der Waals surface area contributed by atoms with Gasteiger partial charge in [-0.05, 0) is 106 Å². The van der Waals surface area contributed by atoms with Gasteiger partial charge in [0.1, 0.15) is 84.6 Å². The molecule has 5 heterocycles. The van der Waals surface area contributed by atoms with Crippen molar-refractivity contribution in [3.05, 3.63) is 126 Å². The molecule has 137 heavy (non-hydrogen) atoms. The van der Waals surface area contributed by atoms with Crippen LogP contribution in [0.2, 0.25) is 0 Å². The second-order valence-electron chi connectivity index (χ2n) is 34.8. The van der Waals surface area contributed by atoms with Crippen molar-refractivity contribution in [3.8, 4) is 0 Å². The number of likely N-dealkylation sites (N-methyl/N-ethyl adjacent to an activating group) is 3. The van der Waals surface area contributed by atoms with Gasteiger partial charge in [0.05, 0.1) is 31.7 Å². The summed E-state index contributed by atoms with van der Waals surface area (Å²) in [5, 5.41) is 52.1. The van der Waals surface area contributed by atoms with Crippen LogP contribution in [0.3, 0.4) is 0 Å². The molecule has 0 spiro atoms. The number of amides is 18. The van der Waals surface area contributed by atoms with Crippen LogP contribution in [-0.4, -0.2) is 300 Å². The molecule has 0 aliphatic carbocycles. The van der Waals surface area contributed by atoms with Crippen molar-refractivity contribution in [2.75, 3.05) is 58.9 Å². The smallest absolute Gasteiger partial charge is 0.246 e. The van der Waals surface area contributed by atoms with Crippen LogP contribution in [-0.2, 0) is 112 Å². The molecule has 8 rings (SSSR count). The van der Waals surface area contributed by atoms with E-state index in [2.05, 4.69) is 83.7 Å². The normalized spacial score (nSPS) is 23.5. The van der Waals surface area contributed by atoms with Gasteiger partial charge in [0, 0.05) is 112 Å². The Balaban J connectivity index is 1.21. The number of aromatic nitrogens is 4. The molecule has 2 fully saturated rings. The average molecular weight is 1920 g/mol. The largest absolute Gasteiger partial charge is 0.394 e. The molecule has 45 heteroatoms. The molecule has 0 bridgehead atoms. The van der Waals surface area contributed by atoms with Crippen LogP contribution in [0.25, 0.3) is 21.8 Å². The first-order valence-electron chi connectivity index (χ1n) is 45.9. The van der Waals surface area contributed by atoms with E-state index >= 15 is 38.4 Å². The number of unbranched alkanes of at least 4 members (excludes halogenated alkanes) is 2. The zero-order valence-corrected chi connectivity index (χ0v) is 79.2. The summed E-state index contributed by atoms with van der Waals surface area (Å²) in [6.45, 7) is 6.45. The van der Waals surface area contributed by atoms with Gasteiger partial charge in [-0.2, -0.15) is 0 Å². The highest BCUT2D eigenvalue weighted by atomic mass is 32.2. The maximum atomic E-state index is 15.8. The van der Waals surface area contributed by atoms with Crippen molar-refractivity contribution in [1.82, 2.24) is 103 Å². The van der Waals surface area contributed by atoms with Crippen LogP contribution >= 0.6 is 11.8 Å². The van der Waals surface area contributed by atoms with E-state index in [9.17, 15) is 53.1 Å². The molecule has 0 radical (unpaired) electrons. The number of aliphatic hydroxyl groups excluding tert-OH is 1. The van der Waals surface area contributed by atoms with Crippen LogP contribution < -0.4 is 86.7 Å². The second-order valence-corrected chi connectivity index (χ2v) is 35.8. The van der Waals surface area contributed by atoms with Crippen molar-refractivity contribution >= 4 is 146 Å². The lowest BCUT2D eigenvalue weighted by atomic mass is 10.00. The number of aromatic amines is 3. The quantitative estimate of drug-likeness (QED) is 0.0126. The SMILES string of the molecule is CCCC[C@H]1C(=O)N(C)[C@@H](CCCC)C(=O)N[C@@H](CCCNC(=N)N)C(=O)N[C@H](C(=O)NCC(N)=O)CSCC(=O)N[C@@H](Cc2ccccc2)C(=O)N(C)[C@@H](C)C(=O)N[C@@H](CC(N)=O)C(=O)N2CCC[C@H]2C(=O)N[C@@H](Cc2cnc[nH]2)C(=O)N[C@@H](CC(C)C)C(=O)N[C@@H](CCC(N)=O)C(=O)N[C@@H](CCc2c[nH]c3ccccc23)C(=O)N[C@@H](CO)C(=O)N[C@@H](Cc2c[nH]c3ccccc23)C(=O)N1C. The van der Waals surface area contributed by atoms with Crippen molar-refractivity contribution in [3.63, 3.8) is 0 Å². The number of hydrogen-bond donors (Lipinski definition) is 21. The summed E-state index contributed by atoms with van der Waals surface area (Å²) in [5.74, 6) is -18.9. The molecule has 2 saturated heterocycles. The molecule has 744 valence electrons. The number of aryl methyl sites for hydroxylation is 1. The number of nitrogens with one attached hydrogen (secondary N) is 16. The van der Waals surface area contributed by atoms with Gasteiger partial charge < -0.3 is 126 Å². The number of imidazole rings is 1. The molecule has 0 unspecified atom stereocenters. The van der Waals surface area contributed by atoms with E-state index in [1.165, 1.54) is 40.6 Å². The fourth-order valence-electron chi connectivity index (χ4n) is 16.3. The summed E-state index contributed by atoms with van der Waals surface area (Å²) in [4.78, 5) is 280. The minimum absolute atomic E-state index is 0.00978. The summed E-state index contributed by atoms with van der Waals surface area (Å²) in [6, 6.07) is 0.643. The summed E-state index contributed by atoms with van der Waals surface area (Å²) in [5.41, 5.74) is 25.9. The van der Waals surface area contributed by atoms with Crippen LogP contribution in [0, 0.1) is 11.3 Å². The maximum Gasteiger partial charge on any atom is 0.246 e. The number of H-pyrrole nitrogens is 3. The Bertz CT molecular complexity index is 5230. The van der Waals surface area contributed by atoms with E-state index < -0.39 is 247 Å². The Morgan fingerprint density at radius 1 is 0.518 bits per heavy atom. The van der Waals surface area contributed by atoms with E-state index in [-0.39, 0.29) is 90.1 Å². The molecule has 6 aromatic rings. The first-order valence-corrected chi connectivity index (χ1v) is 47.1. The van der Waals surface area contributed by atoms with Crippen LogP contribution in [0.5, 0.6) is 0 Å². The fraction of sp³-hybridized carbons (Fsp3) is 0.522. The molecule has 14 atom stereocenters. The third-order valence-electron chi connectivity index (χ3n) is 24.0. The number of benzene rings is 3. The molecule has 18 amide bonds. The molecular weight excluding hydrogens is 1790 g/mol. The number of hydrogen-bond acceptors (Lipinski definition) is 22. The molecule has 0 saturated carbocycles.